The minimum Gasteiger partial charge on any atom is -0.495 e. The van der Waals surface area contributed by atoms with Crippen molar-refractivity contribution < 1.29 is 14.5 Å². The van der Waals surface area contributed by atoms with Gasteiger partial charge in [0.15, 0.2) is 0 Å². The minimum absolute atomic E-state index is 0.145. The Kier molecular flexibility index (Phi) is 3.32. The van der Waals surface area contributed by atoms with Crippen molar-refractivity contribution in [3.8, 4) is 5.75 Å². The van der Waals surface area contributed by atoms with Gasteiger partial charge in [0.2, 0.25) is 0 Å². The first-order valence-corrected chi connectivity index (χ1v) is 4.99. The normalized spacial score (nSPS) is 9.95. The third kappa shape index (κ3) is 2.62. The number of methoxy groups -OCH3 is 1. The lowest BCUT2D eigenvalue weighted by molar-refractivity contribution is -0.384. The van der Waals surface area contributed by atoms with Gasteiger partial charge in [0.1, 0.15) is 5.75 Å². The Morgan fingerprint density at radius 1 is 1.53 bits per heavy atom. The average molecular weight is 264 g/mol. The molecule has 0 spiro atoms. The van der Waals surface area contributed by atoms with Crippen molar-refractivity contribution in [3.63, 3.8) is 0 Å². The molecule has 10 nitrogen and oxygen atoms in total. The molecule has 0 bridgehead atoms. The van der Waals surface area contributed by atoms with Gasteiger partial charge in [-0.15, -0.1) is 10.2 Å². The Labute approximate surface area is 105 Å². The van der Waals surface area contributed by atoms with E-state index in [4.69, 9.17) is 4.74 Å². The van der Waals surface area contributed by atoms with E-state index in [1.54, 1.807) is 0 Å². The first-order valence-electron chi connectivity index (χ1n) is 4.99. The number of hydrogen-bond donors (Lipinski definition) is 2. The zero-order valence-electron chi connectivity index (χ0n) is 9.65. The van der Waals surface area contributed by atoms with Crippen LogP contribution in [0.5, 0.6) is 5.75 Å². The quantitative estimate of drug-likeness (QED) is 0.601. The van der Waals surface area contributed by atoms with Gasteiger partial charge >= 0.3 is 0 Å². The molecule has 0 atom stereocenters. The second kappa shape index (κ2) is 5.08. The predicted octanol–water partition coefficient (Wildman–Crippen LogP) is 0.369. The number of nitrogens with one attached hydrogen (secondary N) is 2. The summed E-state index contributed by atoms with van der Waals surface area (Å²) in [6.45, 7) is 0. The number of aromatic nitrogens is 4. The van der Waals surface area contributed by atoms with Crippen molar-refractivity contribution in [2.75, 3.05) is 12.4 Å². The minimum atomic E-state index is -0.660. The van der Waals surface area contributed by atoms with Crippen LogP contribution in [0.25, 0.3) is 0 Å². The van der Waals surface area contributed by atoms with Crippen LogP contribution < -0.4 is 10.1 Å². The van der Waals surface area contributed by atoms with E-state index in [1.165, 1.54) is 25.3 Å². The first-order chi connectivity index (χ1) is 9.11. The number of nitro groups is 1. The van der Waals surface area contributed by atoms with Crippen molar-refractivity contribution in [1.82, 2.24) is 20.6 Å². The van der Waals surface area contributed by atoms with Crippen LogP contribution in [0.1, 0.15) is 10.6 Å². The van der Waals surface area contributed by atoms with Crippen LogP contribution >= 0.6 is 0 Å². The summed E-state index contributed by atoms with van der Waals surface area (Å²) in [5.41, 5.74) is -0.0317. The van der Waals surface area contributed by atoms with Crippen molar-refractivity contribution in [3.05, 3.63) is 34.1 Å². The molecule has 98 valence electrons. The number of ether oxygens (including phenoxy) is 1. The third-order valence-electron chi connectivity index (χ3n) is 2.19. The standard InChI is InChI=1S/C9H8N6O4/c1-19-7-3-2-5(15(17)18)4-6(7)10-9(16)8-11-13-14-12-8/h2-4H,1H3,(H,10,16)(H,11,12,13,14). The number of carbonyl (C=O) groups excluding carboxylic acids is 1. The molecule has 19 heavy (non-hydrogen) atoms. The number of amides is 1. The number of aromatic amines is 1. The third-order valence-corrected chi connectivity index (χ3v) is 2.19. The molecule has 0 aliphatic carbocycles. The number of nitrogens with zero attached hydrogens (tertiary/aromatic N) is 4. The highest BCUT2D eigenvalue weighted by molar-refractivity contribution is 6.02. The van der Waals surface area contributed by atoms with Gasteiger partial charge in [-0.25, -0.2) is 0 Å². The summed E-state index contributed by atoms with van der Waals surface area (Å²) >= 11 is 0. The SMILES string of the molecule is COc1ccc([N+](=O)[O-])cc1NC(=O)c1nn[nH]n1. The van der Waals surface area contributed by atoms with Crippen LogP contribution in [0.15, 0.2) is 18.2 Å². The highest BCUT2D eigenvalue weighted by atomic mass is 16.6. The van der Waals surface area contributed by atoms with Gasteiger partial charge in [-0.1, -0.05) is 0 Å². The molecule has 0 unspecified atom stereocenters. The largest absolute Gasteiger partial charge is 0.495 e. The maximum atomic E-state index is 11.7. The molecule has 2 aromatic rings. The Bertz CT molecular complexity index is 611. The van der Waals surface area contributed by atoms with E-state index >= 15 is 0 Å². The lowest BCUT2D eigenvalue weighted by Gasteiger charge is -2.08. The molecule has 2 N–H and O–H groups in total. The maximum Gasteiger partial charge on any atom is 0.297 e. The molecule has 2 rings (SSSR count). The Balaban J connectivity index is 2.30. The van der Waals surface area contributed by atoms with Crippen LogP contribution in [0.3, 0.4) is 0 Å². The van der Waals surface area contributed by atoms with E-state index in [0.717, 1.165) is 0 Å². The Hall–Kier alpha value is -3.04. The number of hydrogen-bond acceptors (Lipinski definition) is 7. The van der Waals surface area contributed by atoms with Gasteiger partial charge in [0.25, 0.3) is 17.4 Å². The maximum absolute atomic E-state index is 11.7. The zero-order chi connectivity index (χ0) is 13.8. The molecule has 0 saturated heterocycles. The molecule has 10 heteroatoms. The van der Waals surface area contributed by atoms with E-state index in [-0.39, 0.29) is 22.9 Å². The van der Waals surface area contributed by atoms with Crippen LogP contribution in [0.4, 0.5) is 11.4 Å². The predicted molar refractivity (Wildman–Crippen MR) is 61.8 cm³/mol. The van der Waals surface area contributed by atoms with E-state index in [9.17, 15) is 14.9 Å². The summed E-state index contributed by atoms with van der Waals surface area (Å²) in [5.74, 6) is -0.566. The van der Waals surface area contributed by atoms with Gasteiger partial charge in [0, 0.05) is 12.1 Å². The molecule has 1 aromatic heterocycles. The monoisotopic (exact) mass is 264 g/mol. The molecule has 0 fully saturated rings. The zero-order valence-corrected chi connectivity index (χ0v) is 9.65. The summed E-state index contributed by atoms with van der Waals surface area (Å²) in [6.07, 6.45) is 0. The van der Waals surface area contributed by atoms with Gasteiger partial charge < -0.3 is 10.1 Å². The molecule has 0 saturated carbocycles. The van der Waals surface area contributed by atoms with Crippen molar-refractivity contribution in [2.24, 2.45) is 0 Å². The van der Waals surface area contributed by atoms with Gasteiger partial charge in [-0.05, 0) is 11.3 Å². The summed E-state index contributed by atoms with van der Waals surface area (Å²) in [7, 11) is 1.38. The first kappa shape index (κ1) is 12.4. The highest BCUT2D eigenvalue weighted by Gasteiger charge is 2.16. The van der Waals surface area contributed by atoms with Crippen molar-refractivity contribution in [1.29, 1.82) is 0 Å². The molecular weight excluding hydrogens is 256 g/mol. The molecule has 0 radical (unpaired) electrons. The highest BCUT2D eigenvalue weighted by Crippen LogP contribution is 2.28. The number of nitro benzene ring substituents is 1. The van der Waals surface area contributed by atoms with Crippen LogP contribution in [-0.4, -0.2) is 38.6 Å². The number of benzene rings is 1. The Morgan fingerprint density at radius 3 is 2.89 bits per heavy atom. The number of anilines is 1. The lowest BCUT2D eigenvalue weighted by Crippen LogP contribution is -2.14. The van der Waals surface area contributed by atoms with Crippen molar-refractivity contribution in [2.45, 2.75) is 0 Å². The summed E-state index contributed by atoms with van der Waals surface area (Å²) in [6, 6.07) is 3.82. The molecule has 1 amide bonds. The molecule has 1 heterocycles. The van der Waals surface area contributed by atoms with E-state index < -0.39 is 10.8 Å². The fourth-order valence-electron chi connectivity index (χ4n) is 1.34. The van der Waals surface area contributed by atoms with Gasteiger partial charge in [0.05, 0.1) is 17.7 Å². The average Bonchev–Trinajstić information content (AvgIpc) is 2.92. The fourth-order valence-corrected chi connectivity index (χ4v) is 1.34. The van der Waals surface area contributed by atoms with Crippen LogP contribution in [-0.2, 0) is 0 Å². The smallest absolute Gasteiger partial charge is 0.297 e. The number of non-ortho nitro benzene ring substituents is 1. The second-order valence-corrected chi connectivity index (χ2v) is 3.33. The second-order valence-electron chi connectivity index (χ2n) is 3.33. The molecule has 1 aromatic carbocycles. The van der Waals surface area contributed by atoms with E-state index in [0.29, 0.717) is 0 Å². The van der Waals surface area contributed by atoms with Crippen molar-refractivity contribution >= 4 is 17.3 Å². The molecular formula is C9H8N6O4. The number of carbonyl (C=O) groups is 1. The number of H-pyrrole nitrogens is 1. The van der Waals surface area contributed by atoms with Crippen LogP contribution in [0.2, 0.25) is 0 Å². The molecule has 0 aliphatic rings. The molecule has 0 aliphatic heterocycles. The fraction of sp³-hybridized carbons (Fsp3) is 0.111. The number of tetrazole rings is 1. The summed E-state index contributed by atoms with van der Waals surface area (Å²) in [5, 5.41) is 25.4. The van der Waals surface area contributed by atoms with Gasteiger partial charge in [-0.2, -0.15) is 5.21 Å². The lowest BCUT2D eigenvalue weighted by atomic mass is 10.2. The van der Waals surface area contributed by atoms with E-state index in [2.05, 4.69) is 25.9 Å². The number of rotatable bonds is 4. The topological polar surface area (TPSA) is 136 Å². The van der Waals surface area contributed by atoms with E-state index in [1.807, 2.05) is 0 Å². The summed E-state index contributed by atoms with van der Waals surface area (Å²) in [4.78, 5) is 21.8. The van der Waals surface area contributed by atoms with Gasteiger partial charge in [-0.3, -0.25) is 14.9 Å². The Morgan fingerprint density at radius 2 is 2.32 bits per heavy atom. The summed E-state index contributed by atoms with van der Waals surface area (Å²) < 4.78 is 5.00. The van der Waals surface area contributed by atoms with Crippen LogP contribution in [0, 0.1) is 10.1 Å².